The molecular weight excluding hydrogens is 424 g/mol. The number of nitrogens with one attached hydrogen (secondary N) is 1. The molecule has 3 rings (SSSR count). The van der Waals surface area contributed by atoms with Crippen LogP contribution in [0.25, 0.3) is 10.8 Å². The Morgan fingerprint density at radius 2 is 2.00 bits per heavy atom. The predicted molar refractivity (Wildman–Crippen MR) is 98.4 cm³/mol. The number of hydrogen-bond donors (Lipinski definition) is 1. The molecule has 0 spiro atoms. The number of anilines is 1. The van der Waals surface area contributed by atoms with Crippen LogP contribution in [0, 0.1) is 11.6 Å². The number of carbonyl (C=O) groups is 1. The van der Waals surface area contributed by atoms with Crippen LogP contribution in [-0.2, 0) is 11.3 Å². The lowest BCUT2D eigenvalue weighted by Gasteiger charge is -2.14. The van der Waals surface area contributed by atoms with Gasteiger partial charge in [-0.3, -0.25) is 9.59 Å². The number of rotatable bonds is 4. The number of aromatic nitrogens is 4. The zero-order valence-electron chi connectivity index (χ0n) is 14.3. The Bertz CT molecular complexity index is 1100. The van der Waals surface area contributed by atoms with Gasteiger partial charge in [0.1, 0.15) is 18.7 Å². The number of carbonyl (C=O) groups excluding carboxylic acids is 1. The highest BCUT2D eigenvalue weighted by Gasteiger charge is 2.18. The fraction of sp³-hybridized carbons (Fsp3) is 0.235. The van der Waals surface area contributed by atoms with Crippen LogP contribution in [0.3, 0.4) is 0 Å². The van der Waals surface area contributed by atoms with Gasteiger partial charge in [-0.05, 0) is 34.0 Å². The van der Waals surface area contributed by atoms with Crippen LogP contribution in [0.1, 0.15) is 25.5 Å². The predicted octanol–water partition coefficient (Wildman–Crippen LogP) is 2.99. The summed E-state index contributed by atoms with van der Waals surface area (Å²) in [6.07, 6.45) is 1.98. The van der Waals surface area contributed by atoms with E-state index in [1.807, 2.05) is 13.8 Å². The minimum Gasteiger partial charge on any atom is -0.307 e. The number of fused-ring (bicyclic) bond motifs is 1. The Morgan fingerprint density at radius 1 is 1.26 bits per heavy atom. The molecule has 0 unspecified atom stereocenters. The summed E-state index contributed by atoms with van der Waals surface area (Å²) in [5.74, 6) is -2.49. The lowest BCUT2D eigenvalue weighted by molar-refractivity contribution is -0.117. The molecule has 0 aliphatic heterocycles. The van der Waals surface area contributed by atoms with Crippen molar-refractivity contribution in [1.29, 1.82) is 0 Å². The standard InChI is InChI=1S/C17H14BrF2N5O2/c1-8(2)15-9-3-11(18)12(19)4-10(9)17(27)25(24-15)6-14(26)23-16-13(20)5-21-7-22-16/h3-5,7-8H,6H2,1-2H3,(H,21,22,23,26). The summed E-state index contributed by atoms with van der Waals surface area (Å²) in [6.45, 7) is 3.25. The third-order valence-electron chi connectivity index (χ3n) is 3.80. The van der Waals surface area contributed by atoms with E-state index < -0.39 is 29.6 Å². The van der Waals surface area contributed by atoms with Gasteiger partial charge in [-0.2, -0.15) is 5.10 Å². The van der Waals surface area contributed by atoms with Crippen LogP contribution in [-0.4, -0.2) is 25.7 Å². The Kier molecular flexibility index (Phi) is 5.26. The van der Waals surface area contributed by atoms with E-state index in [4.69, 9.17) is 0 Å². The Morgan fingerprint density at radius 3 is 2.67 bits per heavy atom. The van der Waals surface area contributed by atoms with Crippen molar-refractivity contribution in [2.24, 2.45) is 0 Å². The van der Waals surface area contributed by atoms with Gasteiger partial charge in [0.05, 0.1) is 21.7 Å². The van der Waals surface area contributed by atoms with Gasteiger partial charge >= 0.3 is 0 Å². The molecule has 2 heterocycles. The highest BCUT2D eigenvalue weighted by molar-refractivity contribution is 9.10. The fourth-order valence-corrected chi connectivity index (χ4v) is 2.89. The maximum absolute atomic E-state index is 13.9. The maximum atomic E-state index is 13.9. The quantitative estimate of drug-likeness (QED) is 0.677. The molecule has 7 nitrogen and oxygen atoms in total. The molecule has 0 bridgehead atoms. The molecule has 0 atom stereocenters. The van der Waals surface area contributed by atoms with E-state index in [9.17, 15) is 18.4 Å². The van der Waals surface area contributed by atoms with Gasteiger partial charge in [0.2, 0.25) is 5.91 Å². The summed E-state index contributed by atoms with van der Waals surface area (Å²) in [6, 6.07) is 2.60. The Labute approximate surface area is 160 Å². The van der Waals surface area contributed by atoms with Crippen molar-refractivity contribution in [2.45, 2.75) is 26.3 Å². The van der Waals surface area contributed by atoms with E-state index in [1.54, 1.807) is 0 Å². The number of nitrogens with zero attached hydrogens (tertiary/aromatic N) is 4. The highest BCUT2D eigenvalue weighted by Crippen LogP contribution is 2.26. The molecule has 1 aromatic carbocycles. The molecule has 0 saturated carbocycles. The normalized spacial score (nSPS) is 11.2. The van der Waals surface area contributed by atoms with Gasteiger partial charge in [-0.1, -0.05) is 13.8 Å². The average Bonchev–Trinajstić information content (AvgIpc) is 2.61. The SMILES string of the molecule is CC(C)c1nn(CC(=O)Nc2ncncc2F)c(=O)c2cc(F)c(Br)cc12. The molecule has 3 aromatic rings. The van der Waals surface area contributed by atoms with E-state index in [1.165, 1.54) is 6.07 Å². The summed E-state index contributed by atoms with van der Waals surface area (Å²) < 4.78 is 28.6. The molecule has 2 aromatic heterocycles. The molecule has 0 fully saturated rings. The Balaban J connectivity index is 2.03. The van der Waals surface area contributed by atoms with E-state index in [-0.39, 0.29) is 21.6 Å². The molecule has 27 heavy (non-hydrogen) atoms. The molecular formula is C17H14BrF2N5O2. The molecule has 1 N–H and O–H groups in total. The first-order chi connectivity index (χ1) is 12.8. The fourth-order valence-electron chi connectivity index (χ4n) is 2.55. The van der Waals surface area contributed by atoms with E-state index in [0.717, 1.165) is 23.3 Å². The molecule has 1 amide bonds. The van der Waals surface area contributed by atoms with Crippen LogP contribution < -0.4 is 10.9 Å². The van der Waals surface area contributed by atoms with Crippen molar-refractivity contribution in [3.8, 4) is 0 Å². The largest absolute Gasteiger partial charge is 0.307 e. The summed E-state index contributed by atoms with van der Waals surface area (Å²) in [4.78, 5) is 32.0. The minimum atomic E-state index is -0.806. The lowest BCUT2D eigenvalue weighted by Crippen LogP contribution is -2.31. The first-order valence-electron chi connectivity index (χ1n) is 7.93. The molecule has 0 aliphatic carbocycles. The van der Waals surface area contributed by atoms with Crippen LogP contribution >= 0.6 is 15.9 Å². The van der Waals surface area contributed by atoms with Crippen molar-refractivity contribution in [1.82, 2.24) is 19.7 Å². The van der Waals surface area contributed by atoms with Crippen LogP contribution in [0.4, 0.5) is 14.6 Å². The van der Waals surface area contributed by atoms with Crippen LogP contribution in [0.2, 0.25) is 0 Å². The van der Waals surface area contributed by atoms with Gasteiger partial charge in [0, 0.05) is 5.39 Å². The zero-order chi connectivity index (χ0) is 19.7. The van der Waals surface area contributed by atoms with E-state index >= 15 is 0 Å². The number of hydrogen-bond acceptors (Lipinski definition) is 5. The van der Waals surface area contributed by atoms with Gasteiger partial charge in [-0.15, -0.1) is 0 Å². The monoisotopic (exact) mass is 437 g/mol. The third-order valence-corrected chi connectivity index (χ3v) is 4.40. The van der Waals surface area contributed by atoms with E-state index in [0.29, 0.717) is 11.1 Å². The Hall–Kier alpha value is -2.75. The van der Waals surface area contributed by atoms with Gasteiger partial charge in [0.25, 0.3) is 5.56 Å². The molecule has 0 saturated heterocycles. The van der Waals surface area contributed by atoms with Crippen molar-refractivity contribution in [3.05, 3.63) is 56.8 Å². The summed E-state index contributed by atoms with van der Waals surface area (Å²) in [7, 11) is 0. The van der Waals surface area contributed by atoms with Crippen molar-refractivity contribution in [3.63, 3.8) is 0 Å². The molecule has 140 valence electrons. The number of benzene rings is 1. The smallest absolute Gasteiger partial charge is 0.275 e. The van der Waals surface area contributed by atoms with Crippen LogP contribution in [0.15, 0.2) is 33.9 Å². The highest BCUT2D eigenvalue weighted by atomic mass is 79.9. The van der Waals surface area contributed by atoms with Gasteiger partial charge in [0.15, 0.2) is 11.6 Å². The number of amides is 1. The topological polar surface area (TPSA) is 89.8 Å². The van der Waals surface area contributed by atoms with Gasteiger partial charge < -0.3 is 5.32 Å². The first-order valence-corrected chi connectivity index (χ1v) is 8.72. The third kappa shape index (κ3) is 3.85. The van der Waals surface area contributed by atoms with Gasteiger partial charge in [-0.25, -0.2) is 23.4 Å². The second-order valence-electron chi connectivity index (χ2n) is 6.08. The summed E-state index contributed by atoms with van der Waals surface area (Å²) in [5.41, 5.74) is -0.0922. The second-order valence-corrected chi connectivity index (χ2v) is 6.94. The maximum Gasteiger partial charge on any atom is 0.275 e. The zero-order valence-corrected chi connectivity index (χ0v) is 15.9. The second kappa shape index (κ2) is 7.47. The average molecular weight is 438 g/mol. The molecule has 0 radical (unpaired) electrons. The van der Waals surface area contributed by atoms with E-state index in [2.05, 4.69) is 36.3 Å². The molecule has 10 heteroatoms. The van der Waals surface area contributed by atoms with Crippen molar-refractivity contribution >= 4 is 38.4 Å². The van der Waals surface area contributed by atoms with Crippen molar-refractivity contribution in [2.75, 3.05) is 5.32 Å². The van der Waals surface area contributed by atoms with Crippen molar-refractivity contribution < 1.29 is 13.6 Å². The first kappa shape index (κ1) is 19.0. The number of halogens is 3. The lowest BCUT2D eigenvalue weighted by atomic mass is 10.0. The summed E-state index contributed by atoms with van der Waals surface area (Å²) in [5, 5.41) is 7.11. The molecule has 0 aliphatic rings. The van der Waals surface area contributed by atoms with Crippen LogP contribution in [0.5, 0.6) is 0 Å². The minimum absolute atomic E-state index is 0.0842. The summed E-state index contributed by atoms with van der Waals surface area (Å²) >= 11 is 3.10.